The van der Waals surface area contributed by atoms with Crippen LogP contribution in [0.3, 0.4) is 0 Å². The Labute approximate surface area is 116 Å². The monoisotopic (exact) mass is 262 g/mol. The van der Waals surface area contributed by atoms with Crippen LogP contribution in [0, 0.1) is 0 Å². The molecule has 3 heteroatoms. The first-order valence-electron chi connectivity index (χ1n) is 7.37. The molecular weight excluding hydrogens is 236 g/mol. The third kappa shape index (κ3) is 4.30. The van der Waals surface area contributed by atoms with Gasteiger partial charge in [-0.1, -0.05) is 30.3 Å². The number of nitrogens with zero attached hydrogens (tertiary/aromatic N) is 1. The number of nitrogens with one attached hydrogen (secondary N) is 1. The molecule has 2 rings (SSSR count). The van der Waals surface area contributed by atoms with Crippen LogP contribution in [0.4, 0.5) is 0 Å². The highest BCUT2D eigenvalue weighted by atomic mass is 16.3. The Bertz CT molecular complexity index is 366. The zero-order valence-corrected chi connectivity index (χ0v) is 12.0. The molecule has 1 aromatic rings. The Morgan fingerprint density at radius 3 is 2.74 bits per heavy atom. The van der Waals surface area contributed by atoms with Crippen molar-refractivity contribution in [2.75, 3.05) is 19.6 Å². The summed E-state index contributed by atoms with van der Waals surface area (Å²) in [6.45, 7) is 7.31. The van der Waals surface area contributed by atoms with E-state index in [1.54, 1.807) is 0 Å². The highest BCUT2D eigenvalue weighted by molar-refractivity contribution is 5.18. The molecule has 1 heterocycles. The lowest BCUT2D eigenvalue weighted by Gasteiger charge is -2.25. The summed E-state index contributed by atoms with van der Waals surface area (Å²) in [6.07, 6.45) is 1.84. The molecule has 0 amide bonds. The van der Waals surface area contributed by atoms with E-state index in [1.807, 2.05) is 6.92 Å². The van der Waals surface area contributed by atoms with Crippen molar-refractivity contribution in [1.29, 1.82) is 0 Å². The molecule has 0 saturated carbocycles. The van der Waals surface area contributed by atoms with Crippen LogP contribution < -0.4 is 5.32 Å². The molecule has 1 fully saturated rings. The smallest absolute Gasteiger partial charge is 0.0524 e. The maximum atomic E-state index is 9.26. The highest BCUT2D eigenvalue weighted by Gasteiger charge is 2.26. The molecule has 3 unspecified atom stereocenters. The molecule has 106 valence electrons. The van der Waals surface area contributed by atoms with Gasteiger partial charge >= 0.3 is 0 Å². The van der Waals surface area contributed by atoms with Crippen molar-refractivity contribution < 1.29 is 5.11 Å². The second kappa shape index (κ2) is 7.04. The summed E-state index contributed by atoms with van der Waals surface area (Å²) < 4.78 is 0. The topological polar surface area (TPSA) is 35.5 Å². The molecule has 1 aliphatic heterocycles. The molecule has 0 spiro atoms. The van der Waals surface area contributed by atoms with E-state index in [0.717, 1.165) is 26.1 Å². The fourth-order valence-corrected chi connectivity index (χ4v) is 2.74. The van der Waals surface area contributed by atoms with Crippen LogP contribution in [0.1, 0.15) is 38.3 Å². The van der Waals surface area contributed by atoms with Gasteiger partial charge in [0.2, 0.25) is 0 Å². The van der Waals surface area contributed by atoms with Crippen molar-refractivity contribution in [3.8, 4) is 0 Å². The molecule has 0 radical (unpaired) electrons. The zero-order valence-electron chi connectivity index (χ0n) is 12.0. The van der Waals surface area contributed by atoms with Crippen LogP contribution in [-0.4, -0.2) is 41.8 Å². The van der Waals surface area contributed by atoms with E-state index in [-0.39, 0.29) is 6.10 Å². The summed E-state index contributed by atoms with van der Waals surface area (Å²) in [5.74, 6) is 0. The molecule has 3 nitrogen and oxygen atoms in total. The van der Waals surface area contributed by atoms with Crippen molar-refractivity contribution in [1.82, 2.24) is 10.2 Å². The molecule has 1 saturated heterocycles. The van der Waals surface area contributed by atoms with Crippen LogP contribution in [-0.2, 0) is 0 Å². The first-order valence-corrected chi connectivity index (χ1v) is 7.37. The van der Waals surface area contributed by atoms with Crippen molar-refractivity contribution in [2.24, 2.45) is 0 Å². The molecular formula is C16H26N2O. The number of hydrogen-bond donors (Lipinski definition) is 2. The van der Waals surface area contributed by atoms with E-state index in [2.05, 4.69) is 47.5 Å². The fraction of sp³-hybridized carbons (Fsp3) is 0.625. The Morgan fingerprint density at radius 2 is 2.05 bits per heavy atom. The van der Waals surface area contributed by atoms with Gasteiger partial charge in [0, 0.05) is 25.2 Å². The lowest BCUT2D eigenvalue weighted by Crippen LogP contribution is -2.34. The zero-order chi connectivity index (χ0) is 13.7. The van der Waals surface area contributed by atoms with Crippen LogP contribution in [0.2, 0.25) is 0 Å². The van der Waals surface area contributed by atoms with E-state index in [9.17, 15) is 5.11 Å². The summed E-state index contributed by atoms with van der Waals surface area (Å²) in [6, 6.07) is 11.8. The number of likely N-dealkylation sites (tertiary alicyclic amines) is 1. The quantitative estimate of drug-likeness (QED) is 0.825. The number of rotatable bonds is 6. The lowest BCUT2D eigenvalue weighted by atomic mass is 10.1. The van der Waals surface area contributed by atoms with Gasteiger partial charge in [0.25, 0.3) is 0 Å². The average molecular weight is 262 g/mol. The Balaban J connectivity index is 1.78. The molecule has 2 N–H and O–H groups in total. The van der Waals surface area contributed by atoms with Crippen LogP contribution >= 0.6 is 0 Å². The summed E-state index contributed by atoms with van der Waals surface area (Å²) in [5.41, 5.74) is 1.40. The largest absolute Gasteiger partial charge is 0.393 e. The SMILES string of the molecule is CC(O)CCNC1CCN(C(C)c2ccccc2)C1. The van der Waals surface area contributed by atoms with Crippen LogP contribution in [0.25, 0.3) is 0 Å². The lowest BCUT2D eigenvalue weighted by molar-refractivity contribution is 0.181. The fourth-order valence-electron chi connectivity index (χ4n) is 2.74. The van der Waals surface area contributed by atoms with Crippen molar-refractivity contribution >= 4 is 0 Å². The normalized spacial score (nSPS) is 23.4. The van der Waals surface area contributed by atoms with Crippen molar-refractivity contribution in [3.05, 3.63) is 35.9 Å². The minimum atomic E-state index is -0.201. The Morgan fingerprint density at radius 1 is 1.32 bits per heavy atom. The van der Waals surface area contributed by atoms with Gasteiger partial charge in [-0.2, -0.15) is 0 Å². The van der Waals surface area contributed by atoms with Gasteiger partial charge in [0.05, 0.1) is 6.10 Å². The van der Waals surface area contributed by atoms with E-state index >= 15 is 0 Å². The molecule has 0 aromatic heterocycles. The van der Waals surface area contributed by atoms with Gasteiger partial charge in [-0.05, 0) is 38.8 Å². The van der Waals surface area contributed by atoms with Gasteiger partial charge in [0.1, 0.15) is 0 Å². The number of aliphatic hydroxyl groups is 1. The Hall–Kier alpha value is -0.900. The van der Waals surface area contributed by atoms with Crippen molar-refractivity contribution in [3.63, 3.8) is 0 Å². The minimum Gasteiger partial charge on any atom is -0.393 e. The van der Waals surface area contributed by atoms with Crippen LogP contribution in [0.5, 0.6) is 0 Å². The maximum Gasteiger partial charge on any atom is 0.0524 e. The van der Waals surface area contributed by atoms with Gasteiger partial charge in [-0.3, -0.25) is 4.90 Å². The third-order valence-corrected chi connectivity index (χ3v) is 4.04. The van der Waals surface area contributed by atoms with Gasteiger partial charge in [-0.25, -0.2) is 0 Å². The second-order valence-corrected chi connectivity index (χ2v) is 5.66. The number of aliphatic hydroxyl groups excluding tert-OH is 1. The van der Waals surface area contributed by atoms with E-state index < -0.39 is 0 Å². The summed E-state index contributed by atoms with van der Waals surface area (Å²) in [7, 11) is 0. The minimum absolute atomic E-state index is 0.201. The second-order valence-electron chi connectivity index (χ2n) is 5.66. The standard InChI is InChI=1S/C16H26N2O/c1-13(19)8-10-17-16-9-11-18(12-16)14(2)15-6-4-3-5-7-15/h3-7,13-14,16-17,19H,8-12H2,1-2H3. The number of benzene rings is 1. The highest BCUT2D eigenvalue weighted by Crippen LogP contribution is 2.24. The molecule has 0 aliphatic carbocycles. The van der Waals surface area contributed by atoms with Gasteiger partial charge in [-0.15, -0.1) is 0 Å². The molecule has 19 heavy (non-hydrogen) atoms. The molecule has 1 aromatic carbocycles. The van der Waals surface area contributed by atoms with Gasteiger partial charge < -0.3 is 10.4 Å². The van der Waals surface area contributed by atoms with Crippen molar-refractivity contribution in [2.45, 2.75) is 44.9 Å². The van der Waals surface area contributed by atoms with E-state index in [1.165, 1.54) is 12.0 Å². The summed E-state index contributed by atoms with van der Waals surface area (Å²) in [4.78, 5) is 2.54. The van der Waals surface area contributed by atoms with Crippen LogP contribution in [0.15, 0.2) is 30.3 Å². The predicted octanol–water partition coefficient (Wildman–Crippen LogP) is 2.18. The summed E-state index contributed by atoms with van der Waals surface area (Å²) >= 11 is 0. The van der Waals surface area contributed by atoms with E-state index in [4.69, 9.17) is 0 Å². The molecule has 0 bridgehead atoms. The first-order chi connectivity index (χ1) is 9.16. The van der Waals surface area contributed by atoms with E-state index in [0.29, 0.717) is 12.1 Å². The maximum absolute atomic E-state index is 9.26. The average Bonchev–Trinajstić information content (AvgIpc) is 2.87. The molecule has 1 aliphatic rings. The van der Waals surface area contributed by atoms with Gasteiger partial charge in [0.15, 0.2) is 0 Å². The summed E-state index contributed by atoms with van der Waals surface area (Å²) in [5, 5.41) is 12.8. The number of hydrogen-bond acceptors (Lipinski definition) is 3. The third-order valence-electron chi connectivity index (χ3n) is 4.04. The molecule has 3 atom stereocenters. The predicted molar refractivity (Wildman–Crippen MR) is 79.1 cm³/mol. The Kier molecular flexibility index (Phi) is 5.37. The first kappa shape index (κ1) is 14.5.